The van der Waals surface area contributed by atoms with Gasteiger partial charge < -0.3 is 10.5 Å². The fraction of sp³-hybridized carbons (Fsp3) is 0.333. The second kappa shape index (κ2) is 6.51. The molecule has 0 heterocycles. The highest BCUT2D eigenvalue weighted by atomic mass is 32.2. The van der Waals surface area contributed by atoms with Gasteiger partial charge in [-0.2, -0.15) is 0 Å². The Morgan fingerprint density at radius 3 is 2.44 bits per heavy atom. The largest absolute Gasteiger partial charge is 0.489 e. The lowest BCUT2D eigenvalue weighted by molar-refractivity contribution is 0.347. The van der Waals surface area contributed by atoms with Gasteiger partial charge in [0.05, 0.1) is 17.0 Å². The molecule has 6 heteroatoms. The summed E-state index contributed by atoms with van der Waals surface area (Å²) < 4.78 is 40.6. The lowest BCUT2D eigenvalue weighted by Gasteiger charge is -2.08. The second-order valence-electron chi connectivity index (χ2n) is 3.63. The van der Waals surface area contributed by atoms with Crippen LogP contribution in [-0.4, -0.2) is 27.3 Å². The summed E-state index contributed by atoms with van der Waals surface area (Å²) >= 11 is 0. The van der Waals surface area contributed by atoms with Gasteiger partial charge in [0.15, 0.2) is 9.84 Å². The normalized spacial score (nSPS) is 12.5. The van der Waals surface area contributed by atoms with E-state index in [1.165, 1.54) is 24.3 Å². The predicted octanol–water partition coefficient (Wildman–Crippen LogP) is 1.67. The predicted molar refractivity (Wildman–Crippen MR) is 67.9 cm³/mol. The third-order valence-electron chi connectivity index (χ3n) is 2.40. The standard InChI is InChI=1S/C12H16FNO3S/c1-2-18(15,16)12-5-3-11(4-6-12)17-9-10(7-13)8-14/h3-7H,2,8-9,14H2,1H3/b10-7-. The van der Waals surface area contributed by atoms with Crippen LogP contribution in [0.15, 0.2) is 41.1 Å². The van der Waals surface area contributed by atoms with Crippen LogP contribution in [0.3, 0.4) is 0 Å². The lowest BCUT2D eigenvalue weighted by Crippen LogP contribution is -2.10. The second-order valence-corrected chi connectivity index (χ2v) is 5.91. The Morgan fingerprint density at radius 2 is 2.00 bits per heavy atom. The van der Waals surface area contributed by atoms with E-state index >= 15 is 0 Å². The fourth-order valence-corrected chi connectivity index (χ4v) is 2.10. The quantitative estimate of drug-likeness (QED) is 0.856. The lowest BCUT2D eigenvalue weighted by atomic mass is 10.3. The van der Waals surface area contributed by atoms with Gasteiger partial charge in [0.1, 0.15) is 12.4 Å². The van der Waals surface area contributed by atoms with Crippen molar-refractivity contribution in [3.05, 3.63) is 36.2 Å². The van der Waals surface area contributed by atoms with Crippen molar-refractivity contribution in [3.63, 3.8) is 0 Å². The highest BCUT2D eigenvalue weighted by Gasteiger charge is 2.10. The first-order valence-electron chi connectivity index (χ1n) is 5.47. The summed E-state index contributed by atoms with van der Waals surface area (Å²) in [5.41, 5.74) is 5.61. The molecular weight excluding hydrogens is 257 g/mol. The van der Waals surface area contributed by atoms with Crippen molar-refractivity contribution >= 4 is 9.84 Å². The molecule has 100 valence electrons. The Labute approximate surface area is 106 Å². The molecule has 0 aliphatic heterocycles. The van der Waals surface area contributed by atoms with E-state index in [0.29, 0.717) is 17.7 Å². The summed E-state index contributed by atoms with van der Waals surface area (Å²) in [5.74, 6) is 0.521. The van der Waals surface area contributed by atoms with Crippen molar-refractivity contribution in [1.82, 2.24) is 0 Å². The first kappa shape index (κ1) is 14.7. The van der Waals surface area contributed by atoms with E-state index in [1.807, 2.05) is 0 Å². The number of hydrogen-bond acceptors (Lipinski definition) is 4. The minimum atomic E-state index is -3.20. The zero-order chi connectivity index (χ0) is 13.6. The van der Waals surface area contributed by atoms with Gasteiger partial charge in [0, 0.05) is 12.1 Å². The smallest absolute Gasteiger partial charge is 0.178 e. The van der Waals surface area contributed by atoms with Crippen molar-refractivity contribution < 1.29 is 17.5 Å². The number of hydrogen-bond donors (Lipinski definition) is 1. The molecule has 0 radical (unpaired) electrons. The number of benzene rings is 1. The molecule has 0 atom stereocenters. The van der Waals surface area contributed by atoms with Gasteiger partial charge in [-0.05, 0) is 24.3 Å². The van der Waals surface area contributed by atoms with Crippen LogP contribution in [-0.2, 0) is 9.84 Å². The number of halogens is 1. The Kier molecular flexibility index (Phi) is 5.30. The minimum Gasteiger partial charge on any atom is -0.489 e. The van der Waals surface area contributed by atoms with E-state index in [9.17, 15) is 12.8 Å². The average molecular weight is 273 g/mol. The Balaban J connectivity index is 2.73. The third kappa shape index (κ3) is 3.82. The van der Waals surface area contributed by atoms with Crippen molar-refractivity contribution in [2.45, 2.75) is 11.8 Å². The molecule has 4 nitrogen and oxygen atoms in total. The minimum absolute atomic E-state index is 0.0485. The maximum atomic E-state index is 12.2. The molecule has 0 unspecified atom stereocenters. The zero-order valence-corrected chi connectivity index (χ0v) is 10.9. The molecule has 0 aliphatic rings. The highest BCUT2D eigenvalue weighted by molar-refractivity contribution is 7.91. The summed E-state index contributed by atoms with van der Waals surface area (Å²) in [5, 5.41) is 0. The fourth-order valence-electron chi connectivity index (χ4n) is 1.22. The molecule has 0 saturated carbocycles. The topological polar surface area (TPSA) is 69.4 Å². The van der Waals surface area contributed by atoms with Crippen LogP contribution in [0.1, 0.15) is 6.92 Å². The number of ether oxygens (including phenoxy) is 1. The zero-order valence-electron chi connectivity index (χ0n) is 10.1. The number of sulfone groups is 1. The van der Waals surface area contributed by atoms with E-state index < -0.39 is 9.84 Å². The van der Waals surface area contributed by atoms with Crippen molar-refractivity contribution in [3.8, 4) is 5.75 Å². The summed E-state index contributed by atoms with van der Waals surface area (Å²) in [7, 11) is -3.20. The first-order chi connectivity index (χ1) is 8.53. The van der Waals surface area contributed by atoms with Crippen LogP contribution in [0.25, 0.3) is 0 Å². The summed E-state index contributed by atoms with van der Waals surface area (Å²) in [6.07, 6.45) is 0.413. The third-order valence-corrected chi connectivity index (χ3v) is 4.15. The monoisotopic (exact) mass is 273 g/mol. The molecule has 1 aromatic carbocycles. The molecule has 0 spiro atoms. The Hall–Kier alpha value is -1.40. The summed E-state index contributed by atoms with van der Waals surface area (Å²) in [6.45, 7) is 1.71. The molecule has 1 rings (SSSR count). The van der Waals surface area contributed by atoms with Gasteiger partial charge >= 0.3 is 0 Å². The number of rotatable bonds is 6. The van der Waals surface area contributed by atoms with Crippen molar-refractivity contribution in [2.75, 3.05) is 18.9 Å². The van der Waals surface area contributed by atoms with Crippen LogP contribution in [0.5, 0.6) is 5.75 Å². The molecule has 1 aromatic rings. The maximum Gasteiger partial charge on any atom is 0.178 e. The highest BCUT2D eigenvalue weighted by Crippen LogP contribution is 2.17. The van der Waals surface area contributed by atoms with Gasteiger partial charge in [-0.1, -0.05) is 6.92 Å². The maximum absolute atomic E-state index is 12.2. The van der Waals surface area contributed by atoms with Crippen LogP contribution < -0.4 is 10.5 Å². The van der Waals surface area contributed by atoms with Gasteiger partial charge in [0.2, 0.25) is 0 Å². The van der Waals surface area contributed by atoms with Crippen LogP contribution in [0.2, 0.25) is 0 Å². The SMILES string of the molecule is CCS(=O)(=O)c1ccc(OC/C(=C\F)CN)cc1. The number of nitrogens with two attached hydrogens (primary N) is 1. The van der Waals surface area contributed by atoms with E-state index in [1.54, 1.807) is 6.92 Å². The van der Waals surface area contributed by atoms with Crippen molar-refractivity contribution in [2.24, 2.45) is 5.73 Å². The van der Waals surface area contributed by atoms with Gasteiger partial charge in [0.25, 0.3) is 0 Å². The van der Waals surface area contributed by atoms with E-state index in [0.717, 1.165) is 0 Å². The van der Waals surface area contributed by atoms with E-state index in [-0.39, 0.29) is 23.8 Å². The Morgan fingerprint density at radius 1 is 1.39 bits per heavy atom. The molecule has 0 aliphatic carbocycles. The summed E-state index contributed by atoms with van der Waals surface area (Å²) in [6, 6.07) is 6.01. The molecule has 18 heavy (non-hydrogen) atoms. The van der Waals surface area contributed by atoms with Crippen LogP contribution in [0, 0.1) is 0 Å². The van der Waals surface area contributed by atoms with E-state index in [2.05, 4.69) is 0 Å². The summed E-state index contributed by atoms with van der Waals surface area (Å²) in [4.78, 5) is 0.248. The molecular formula is C12H16FNO3S. The Bertz CT molecular complexity index is 509. The molecule has 2 N–H and O–H groups in total. The van der Waals surface area contributed by atoms with Crippen LogP contribution >= 0.6 is 0 Å². The average Bonchev–Trinajstić information content (AvgIpc) is 2.40. The molecule has 0 amide bonds. The first-order valence-corrected chi connectivity index (χ1v) is 7.12. The molecule has 0 aromatic heterocycles. The van der Waals surface area contributed by atoms with Gasteiger partial charge in [-0.15, -0.1) is 0 Å². The van der Waals surface area contributed by atoms with Crippen LogP contribution in [0.4, 0.5) is 4.39 Å². The molecule has 0 bridgehead atoms. The van der Waals surface area contributed by atoms with Crippen molar-refractivity contribution in [1.29, 1.82) is 0 Å². The van der Waals surface area contributed by atoms with E-state index in [4.69, 9.17) is 10.5 Å². The van der Waals surface area contributed by atoms with Gasteiger partial charge in [-0.25, -0.2) is 12.8 Å². The molecule has 0 fully saturated rings. The van der Waals surface area contributed by atoms with Gasteiger partial charge in [-0.3, -0.25) is 0 Å². The molecule has 0 saturated heterocycles.